The van der Waals surface area contributed by atoms with Crippen molar-refractivity contribution >= 4 is 43.9 Å². The standard InChI is InChI=1S/C10H8N2O2S3/c1-14-7-4-2-3-6(5-7)8(13)11-9-12-10(15)17-16-9/h2-5H,1H3,(H,11,12,13,15). The largest absolute Gasteiger partial charge is 0.497 e. The summed E-state index contributed by atoms with van der Waals surface area (Å²) < 4.78 is 5.58. The molecular formula is C10H8N2O2S3. The predicted molar refractivity (Wildman–Crippen MR) is 71.8 cm³/mol. The number of hydrogen-bond acceptors (Lipinski definition) is 6. The van der Waals surface area contributed by atoms with Crippen LogP contribution < -0.4 is 10.1 Å². The van der Waals surface area contributed by atoms with Gasteiger partial charge in [-0.1, -0.05) is 6.07 Å². The van der Waals surface area contributed by atoms with Gasteiger partial charge in [-0.25, -0.2) is 0 Å². The third kappa shape index (κ3) is 3.09. The zero-order valence-corrected chi connectivity index (χ0v) is 11.2. The fraction of sp³-hybridized carbons (Fsp3) is 0.100. The van der Waals surface area contributed by atoms with Gasteiger partial charge in [0.1, 0.15) is 5.75 Å². The molecule has 2 rings (SSSR count). The van der Waals surface area contributed by atoms with Gasteiger partial charge in [0.05, 0.1) is 7.11 Å². The van der Waals surface area contributed by atoms with Crippen LogP contribution in [-0.2, 0) is 0 Å². The third-order valence-corrected chi connectivity index (χ3v) is 4.46. The lowest BCUT2D eigenvalue weighted by Crippen LogP contribution is -2.11. The van der Waals surface area contributed by atoms with Crippen molar-refractivity contribution < 1.29 is 9.53 Å². The lowest BCUT2D eigenvalue weighted by atomic mass is 10.2. The first-order valence-electron chi connectivity index (χ1n) is 4.61. The number of benzene rings is 1. The minimum absolute atomic E-state index is 0.222. The zero-order chi connectivity index (χ0) is 12.3. The number of nitrogens with zero attached hydrogens (tertiary/aromatic N) is 1. The van der Waals surface area contributed by atoms with Gasteiger partial charge in [-0.15, -0.1) is 0 Å². The molecule has 1 amide bonds. The van der Waals surface area contributed by atoms with Gasteiger partial charge in [0.2, 0.25) is 5.13 Å². The number of aromatic nitrogens is 1. The Labute approximate surface area is 110 Å². The normalized spacial score (nSPS) is 9.94. The summed E-state index contributed by atoms with van der Waals surface area (Å²) in [6, 6.07) is 6.92. The zero-order valence-electron chi connectivity index (χ0n) is 8.80. The Morgan fingerprint density at radius 2 is 2.29 bits per heavy atom. The molecule has 0 aliphatic rings. The predicted octanol–water partition coefficient (Wildman–Crippen LogP) is 3.19. The Balaban J connectivity index is 2.16. The molecule has 1 heterocycles. The smallest absolute Gasteiger partial charge is 0.257 e. The van der Waals surface area contributed by atoms with Crippen LogP contribution >= 0.6 is 32.9 Å². The summed E-state index contributed by atoms with van der Waals surface area (Å²) in [5.41, 5.74) is 0.524. The molecule has 0 spiro atoms. The number of rotatable bonds is 3. The van der Waals surface area contributed by atoms with Gasteiger partial charge in [-0.05, 0) is 51.1 Å². The highest BCUT2D eigenvalue weighted by molar-refractivity contribution is 7.79. The number of methoxy groups -OCH3 is 1. The first-order chi connectivity index (χ1) is 8.19. The molecule has 0 unspecified atom stereocenters. The van der Waals surface area contributed by atoms with E-state index in [0.717, 1.165) is 0 Å². The minimum Gasteiger partial charge on any atom is -0.497 e. The van der Waals surface area contributed by atoms with Gasteiger partial charge >= 0.3 is 0 Å². The van der Waals surface area contributed by atoms with E-state index >= 15 is 0 Å². The van der Waals surface area contributed by atoms with E-state index in [9.17, 15) is 4.79 Å². The molecule has 1 aromatic heterocycles. The van der Waals surface area contributed by atoms with Crippen LogP contribution in [0.15, 0.2) is 24.3 Å². The molecule has 17 heavy (non-hydrogen) atoms. The van der Waals surface area contributed by atoms with Crippen LogP contribution in [-0.4, -0.2) is 18.0 Å². The number of carbonyl (C=O) groups is 1. The summed E-state index contributed by atoms with van der Waals surface area (Å²) in [5.74, 6) is 0.420. The van der Waals surface area contributed by atoms with Crippen LogP contribution in [0.25, 0.3) is 0 Å². The van der Waals surface area contributed by atoms with Gasteiger partial charge in [0, 0.05) is 5.56 Å². The summed E-state index contributed by atoms with van der Waals surface area (Å²) in [4.78, 5) is 15.9. The molecule has 0 aliphatic heterocycles. The first kappa shape index (κ1) is 12.2. The number of ether oxygens (including phenoxy) is 1. The van der Waals surface area contributed by atoms with Crippen molar-refractivity contribution in [2.24, 2.45) is 0 Å². The molecule has 1 N–H and O–H groups in total. The maximum absolute atomic E-state index is 11.9. The topological polar surface area (TPSA) is 51.2 Å². The van der Waals surface area contributed by atoms with Crippen molar-refractivity contribution in [3.63, 3.8) is 0 Å². The Morgan fingerprint density at radius 1 is 1.47 bits per heavy atom. The molecule has 0 bridgehead atoms. The van der Waals surface area contributed by atoms with Crippen LogP contribution in [0.2, 0.25) is 0 Å². The Kier molecular flexibility index (Phi) is 3.82. The fourth-order valence-electron chi connectivity index (χ4n) is 1.18. The van der Waals surface area contributed by atoms with E-state index in [2.05, 4.69) is 10.3 Å². The van der Waals surface area contributed by atoms with Crippen molar-refractivity contribution in [3.8, 4) is 5.75 Å². The molecule has 2 aromatic rings. The molecule has 7 heteroatoms. The number of carbonyl (C=O) groups excluding carboxylic acids is 1. The molecule has 1 aromatic carbocycles. The van der Waals surface area contributed by atoms with Crippen molar-refractivity contribution in [1.29, 1.82) is 0 Å². The van der Waals surface area contributed by atoms with Crippen LogP contribution in [0, 0.1) is 3.95 Å². The molecule has 4 nitrogen and oxygen atoms in total. The number of nitrogens with one attached hydrogen (secondary N) is 1. The second-order valence-electron chi connectivity index (χ2n) is 3.04. The fourth-order valence-corrected chi connectivity index (χ4v) is 3.03. The molecule has 0 aliphatic carbocycles. The molecule has 0 saturated carbocycles. The second-order valence-corrected chi connectivity index (χ2v) is 5.79. The van der Waals surface area contributed by atoms with E-state index < -0.39 is 0 Å². The van der Waals surface area contributed by atoms with E-state index in [1.165, 1.54) is 20.7 Å². The molecular weight excluding hydrogens is 276 g/mol. The Morgan fingerprint density at radius 3 is 2.94 bits per heavy atom. The summed E-state index contributed by atoms with van der Waals surface area (Å²) in [5, 5.41) is 3.21. The monoisotopic (exact) mass is 284 g/mol. The van der Waals surface area contributed by atoms with Crippen LogP contribution in [0.5, 0.6) is 5.75 Å². The quantitative estimate of drug-likeness (QED) is 0.694. The van der Waals surface area contributed by atoms with E-state index in [0.29, 0.717) is 20.4 Å². The van der Waals surface area contributed by atoms with E-state index in [1.54, 1.807) is 31.4 Å². The molecule has 0 atom stereocenters. The highest BCUT2D eigenvalue weighted by atomic mass is 32.9. The summed E-state index contributed by atoms with van der Waals surface area (Å²) >= 11 is 4.89. The van der Waals surface area contributed by atoms with E-state index in [1.807, 2.05) is 0 Å². The van der Waals surface area contributed by atoms with Crippen LogP contribution in [0.1, 0.15) is 10.4 Å². The van der Waals surface area contributed by atoms with Gasteiger partial charge in [0.25, 0.3) is 5.91 Å². The number of hydrogen-bond donors (Lipinski definition) is 1. The number of amides is 1. The lowest BCUT2D eigenvalue weighted by Gasteiger charge is -2.03. The maximum atomic E-state index is 11.9. The summed E-state index contributed by atoms with van der Waals surface area (Å²) in [6.07, 6.45) is 0. The average Bonchev–Trinajstić information content (AvgIpc) is 2.75. The van der Waals surface area contributed by atoms with Gasteiger partial charge in [-0.2, -0.15) is 4.98 Å². The third-order valence-electron chi connectivity index (χ3n) is 1.94. The Bertz CT molecular complexity index is 591. The SMILES string of the molecule is COc1cccc(C(=O)Nc2nc(=S)ss2)c1. The maximum Gasteiger partial charge on any atom is 0.257 e. The molecule has 0 radical (unpaired) electrons. The second kappa shape index (κ2) is 5.35. The highest BCUT2D eigenvalue weighted by Gasteiger charge is 2.08. The van der Waals surface area contributed by atoms with Crippen molar-refractivity contribution in [2.45, 2.75) is 0 Å². The number of anilines is 1. The van der Waals surface area contributed by atoms with Crippen molar-refractivity contribution in [2.75, 3.05) is 12.4 Å². The molecule has 0 saturated heterocycles. The van der Waals surface area contributed by atoms with Gasteiger partial charge in [-0.3, -0.25) is 10.1 Å². The Hall–Kier alpha value is -1.31. The van der Waals surface area contributed by atoms with Crippen molar-refractivity contribution in [3.05, 3.63) is 33.8 Å². The summed E-state index contributed by atoms with van der Waals surface area (Å²) in [6.45, 7) is 0. The van der Waals surface area contributed by atoms with E-state index in [-0.39, 0.29) is 5.91 Å². The van der Waals surface area contributed by atoms with Crippen LogP contribution in [0.3, 0.4) is 0 Å². The van der Waals surface area contributed by atoms with Crippen molar-refractivity contribution in [1.82, 2.24) is 4.98 Å². The molecule has 0 fully saturated rings. The lowest BCUT2D eigenvalue weighted by molar-refractivity contribution is 0.102. The average molecular weight is 284 g/mol. The van der Waals surface area contributed by atoms with Crippen LogP contribution in [0.4, 0.5) is 5.13 Å². The summed E-state index contributed by atoms with van der Waals surface area (Å²) in [7, 11) is 4.26. The van der Waals surface area contributed by atoms with Gasteiger partial charge < -0.3 is 4.74 Å². The molecule has 88 valence electrons. The minimum atomic E-state index is -0.222. The van der Waals surface area contributed by atoms with Gasteiger partial charge in [0.15, 0.2) is 3.95 Å². The van der Waals surface area contributed by atoms with E-state index in [4.69, 9.17) is 17.0 Å². The highest BCUT2D eigenvalue weighted by Crippen LogP contribution is 2.20. The first-order valence-corrected chi connectivity index (χ1v) is 7.17.